The van der Waals surface area contributed by atoms with Crippen LogP contribution in [0.4, 0.5) is 0 Å². The first-order valence-corrected chi connectivity index (χ1v) is 8.18. The minimum absolute atomic E-state index is 0.105. The van der Waals surface area contributed by atoms with Gasteiger partial charge in [-0.15, -0.1) is 0 Å². The Morgan fingerprint density at radius 1 is 1.24 bits per heavy atom. The van der Waals surface area contributed by atoms with Gasteiger partial charge in [0.2, 0.25) is 10.0 Å². The molecule has 0 amide bonds. The number of rotatable bonds is 6. The van der Waals surface area contributed by atoms with Gasteiger partial charge in [0.1, 0.15) is 16.4 Å². The maximum atomic E-state index is 12.5. The van der Waals surface area contributed by atoms with Crippen molar-refractivity contribution in [3.05, 3.63) is 47.4 Å². The molecule has 5 nitrogen and oxygen atoms in total. The van der Waals surface area contributed by atoms with Gasteiger partial charge in [-0.3, -0.25) is 0 Å². The third-order valence-electron chi connectivity index (χ3n) is 3.17. The number of nitrogens with one attached hydrogen (secondary N) is 1. The van der Waals surface area contributed by atoms with Crippen LogP contribution in [0.3, 0.4) is 0 Å². The standard InChI is InChI=1S/C15H19NO4S/c1-4-19-14-8-11(2)12(3)9-15(14)21(17,18)16-10-13-6-5-7-20-13/h5-9,16H,4,10H2,1-3H3. The molecule has 21 heavy (non-hydrogen) atoms. The first-order valence-electron chi connectivity index (χ1n) is 6.70. The van der Waals surface area contributed by atoms with Crippen LogP contribution >= 0.6 is 0 Å². The van der Waals surface area contributed by atoms with E-state index in [2.05, 4.69) is 4.72 Å². The second-order valence-electron chi connectivity index (χ2n) is 4.72. The molecule has 0 saturated carbocycles. The van der Waals surface area contributed by atoms with E-state index in [1.807, 2.05) is 20.8 Å². The van der Waals surface area contributed by atoms with Gasteiger partial charge in [0, 0.05) is 0 Å². The van der Waals surface area contributed by atoms with Crippen molar-refractivity contribution in [1.82, 2.24) is 4.72 Å². The number of benzene rings is 1. The number of hydrogen-bond donors (Lipinski definition) is 1. The van der Waals surface area contributed by atoms with E-state index in [1.54, 1.807) is 24.3 Å². The molecule has 0 bridgehead atoms. The third-order valence-corrected chi connectivity index (χ3v) is 4.59. The molecular formula is C15H19NO4S. The molecule has 1 aromatic heterocycles. The normalized spacial score (nSPS) is 11.6. The van der Waals surface area contributed by atoms with Crippen molar-refractivity contribution in [3.8, 4) is 5.75 Å². The van der Waals surface area contributed by atoms with Crippen molar-refractivity contribution in [2.75, 3.05) is 6.61 Å². The number of furan rings is 1. The van der Waals surface area contributed by atoms with E-state index in [0.29, 0.717) is 18.1 Å². The number of hydrogen-bond acceptors (Lipinski definition) is 4. The summed E-state index contributed by atoms with van der Waals surface area (Å²) in [7, 11) is -3.66. The second-order valence-corrected chi connectivity index (χ2v) is 6.46. The van der Waals surface area contributed by atoms with Crippen LogP contribution in [0.1, 0.15) is 23.8 Å². The Labute approximate surface area is 125 Å². The molecule has 0 atom stereocenters. The van der Waals surface area contributed by atoms with Crippen LogP contribution in [0.5, 0.6) is 5.75 Å². The summed E-state index contributed by atoms with van der Waals surface area (Å²) in [5, 5.41) is 0. The van der Waals surface area contributed by atoms with E-state index < -0.39 is 10.0 Å². The van der Waals surface area contributed by atoms with Gasteiger partial charge in [0.15, 0.2) is 0 Å². The van der Waals surface area contributed by atoms with Crippen molar-refractivity contribution in [1.29, 1.82) is 0 Å². The summed E-state index contributed by atoms with van der Waals surface area (Å²) in [4.78, 5) is 0.152. The third kappa shape index (κ3) is 3.65. The molecule has 1 N–H and O–H groups in total. The van der Waals surface area contributed by atoms with E-state index in [0.717, 1.165) is 11.1 Å². The van der Waals surface area contributed by atoms with Gasteiger partial charge < -0.3 is 9.15 Å². The summed E-state index contributed by atoms with van der Waals surface area (Å²) in [5.74, 6) is 0.924. The van der Waals surface area contributed by atoms with Gasteiger partial charge >= 0.3 is 0 Å². The Morgan fingerprint density at radius 2 is 1.95 bits per heavy atom. The van der Waals surface area contributed by atoms with Crippen molar-refractivity contribution in [2.45, 2.75) is 32.2 Å². The van der Waals surface area contributed by atoms with Crippen molar-refractivity contribution in [3.63, 3.8) is 0 Å². The Morgan fingerprint density at radius 3 is 2.57 bits per heavy atom. The number of ether oxygens (including phenoxy) is 1. The topological polar surface area (TPSA) is 68.5 Å². The van der Waals surface area contributed by atoms with Crippen LogP contribution in [-0.4, -0.2) is 15.0 Å². The van der Waals surface area contributed by atoms with Crippen LogP contribution in [0.15, 0.2) is 39.8 Å². The average molecular weight is 309 g/mol. The lowest BCUT2D eigenvalue weighted by molar-refractivity contribution is 0.330. The summed E-state index contributed by atoms with van der Waals surface area (Å²) < 4.78 is 38.0. The monoisotopic (exact) mass is 309 g/mol. The van der Waals surface area contributed by atoms with Gasteiger partial charge in [-0.1, -0.05) is 0 Å². The fourth-order valence-corrected chi connectivity index (χ4v) is 3.10. The molecule has 0 radical (unpaired) electrons. The summed E-state index contributed by atoms with van der Waals surface area (Å²) in [6.07, 6.45) is 1.51. The lowest BCUT2D eigenvalue weighted by Gasteiger charge is -2.14. The highest BCUT2D eigenvalue weighted by molar-refractivity contribution is 7.89. The molecule has 2 rings (SSSR count). The van der Waals surface area contributed by atoms with E-state index in [4.69, 9.17) is 9.15 Å². The maximum Gasteiger partial charge on any atom is 0.244 e. The predicted octanol–water partition coefficient (Wildman–Crippen LogP) is 2.77. The Balaban J connectivity index is 2.31. The molecule has 0 aliphatic carbocycles. The highest BCUT2D eigenvalue weighted by atomic mass is 32.2. The predicted molar refractivity (Wildman–Crippen MR) is 79.8 cm³/mol. The quantitative estimate of drug-likeness (QED) is 0.891. The molecule has 0 aliphatic rings. The maximum absolute atomic E-state index is 12.5. The zero-order chi connectivity index (χ0) is 15.5. The van der Waals surface area contributed by atoms with Gasteiger partial charge in [-0.2, -0.15) is 0 Å². The van der Waals surface area contributed by atoms with Crippen molar-refractivity contribution >= 4 is 10.0 Å². The minimum atomic E-state index is -3.66. The number of aryl methyl sites for hydroxylation is 2. The Kier molecular flexibility index (Phi) is 4.69. The first-order chi connectivity index (χ1) is 9.94. The lowest BCUT2D eigenvalue weighted by Crippen LogP contribution is -2.24. The summed E-state index contributed by atoms with van der Waals surface area (Å²) >= 11 is 0. The second kappa shape index (κ2) is 6.32. The molecule has 0 saturated heterocycles. The highest BCUT2D eigenvalue weighted by Gasteiger charge is 2.21. The van der Waals surface area contributed by atoms with Crippen molar-refractivity contribution < 1.29 is 17.6 Å². The Bertz CT molecular complexity index is 706. The molecule has 2 aromatic rings. The SMILES string of the molecule is CCOc1cc(C)c(C)cc1S(=O)(=O)NCc1ccco1. The molecule has 0 fully saturated rings. The number of sulfonamides is 1. The summed E-state index contributed by atoms with van der Waals surface area (Å²) in [5.41, 5.74) is 1.89. The van der Waals surface area contributed by atoms with E-state index in [-0.39, 0.29) is 11.4 Å². The summed E-state index contributed by atoms with van der Waals surface area (Å²) in [6.45, 7) is 6.13. The van der Waals surface area contributed by atoms with Gasteiger partial charge in [0.25, 0.3) is 0 Å². The molecule has 1 heterocycles. The van der Waals surface area contributed by atoms with Crippen LogP contribution in [-0.2, 0) is 16.6 Å². The Hall–Kier alpha value is -1.79. The highest BCUT2D eigenvalue weighted by Crippen LogP contribution is 2.27. The largest absolute Gasteiger partial charge is 0.492 e. The zero-order valence-corrected chi connectivity index (χ0v) is 13.2. The zero-order valence-electron chi connectivity index (χ0n) is 12.3. The average Bonchev–Trinajstić information content (AvgIpc) is 2.94. The van der Waals surface area contributed by atoms with E-state index in [9.17, 15) is 8.42 Å². The van der Waals surface area contributed by atoms with Crippen LogP contribution < -0.4 is 9.46 Å². The first kappa shape index (κ1) is 15.6. The van der Waals surface area contributed by atoms with Gasteiger partial charge in [-0.25, -0.2) is 13.1 Å². The molecule has 0 spiro atoms. The fraction of sp³-hybridized carbons (Fsp3) is 0.333. The van der Waals surface area contributed by atoms with E-state index >= 15 is 0 Å². The van der Waals surface area contributed by atoms with Crippen LogP contribution in [0, 0.1) is 13.8 Å². The lowest BCUT2D eigenvalue weighted by atomic mass is 10.1. The van der Waals surface area contributed by atoms with Gasteiger partial charge in [0.05, 0.1) is 19.4 Å². The van der Waals surface area contributed by atoms with Crippen LogP contribution in [0.2, 0.25) is 0 Å². The van der Waals surface area contributed by atoms with Gasteiger partial charge in [-0.05, 0) is 56.2 Å². The fourth-order valence-electron chi connectivity index (χ4n) is 1.90. The molecule has 0 unspecified atom stereocenters. The minimum Gasteiger partial charge on any atom is -0.492 e. The van der Waals surface area contributed by atoms with E-state index in [1.165, 1.54) is 6.26 Å². The molecule has 114 valence electrons. The molecule has 0 aliphatic heterocycles. The molecule has 6 heteroatoms. The molecular weight excluding hydrogens is 290 g/mol. The van der Waals surface area contributed by atoms with Crippen molar-refractivity contribution in [2.24, 2.45) is 0 Å². The smallest absolute Gasteiger partial charge is 0.244 e. The summed E-state index contributed by atoms with van der Waals surface area (Å²) in [6, 6.07) is 6.81. The van der Waals surface area contributed by atoms with Crippen LogP contribution in [0.25, 0.3) is 0 Å². The molecule has 1 aromatic carbocycles.